The van der Waals surface area contributed by atoms with Gasteiger partial charge in [0, 0.05) is 13.1 Å². The Balaban J connectivity index is 2.10. The molecular formula is C15H21N3O2S. The van der Waals surface area contributed by atoms with Gasteiger partial charge in [0.25, 0.3) is 0 Å². The number of thiocarbonyl (C=S) groups is 1. The fourth-order valence-electron chi connectivity index (χ4n) is 2.74. The molecule has 21 heavy (non-hydrogen) atoms. The maximum Gasteiger partial charge on any atom is 0.221 e. The number of ether oxygens (including phenoxy) is 1. The van der Waals surface area contributed by atoms with Gasteiger partial charge in [-0.25, -0.2) is 0 Å². The zero-order chi connectivity index (χ0) is 15.4. The molecule has 0 aromatic heterocycles. The molecule has 0 saturated carbocycles. The third kappa shape index (κ3) is 3.92. The van der Waals surface area contributed by atoms with Crippen molar-refractivity contribution in [2.75, 3.05) is 20.2 Å². The number of primary amides is 1. The average molecular weight is 307 g/mol. The summed E-state index contributed by atoms with van der Waals surface area (Å²) in [4.78, 5) is 13.9. The van der Waals surface area contributed by atoms with Crippen LogP contribution in [0, 0.1) is 5.92 Å². The number of nitrogens with two attached hydrogens (primary N) is 2. The Morgan fingerprint density at radius 3 is 2.86 bits per heavy atom. The lowest BCUT2D eigenvalue weighted by atomic mass is 9.97. The number of piperidine rings is 1. The number of benzene rings is 1. The van der Waals surface area contributed by atoms with Gasteiger partial charge in [0.15, 0.2) is 0 Å². The molecule has 2 rings (SSSR count). The minimum Gasteiger partial charge on any atom is -0.496 e. The van der Waals surface area contributed by atoms with E-state index in [-0.39, 0.29) is 11.8 Å². The molecule has 0 spiro atoms. The third-order valence-corrected chi connectivity index (χ3v) is 4.06. The standard InChI is InChI=1S/C15H21N3O2S/c1-20-13-5-4-10(7-12(13)15(17)21)8-18-6-2-3-11(9-18)14(16)19/h4-5,7,11H,2-3,6,8-9H2,1H3,(H2,16,19)(H2,17,21). The lowest BCUT2D eigenvalue weighted by Crippen LogP contribution is -2.40. The van der Waals surface area contributed by atoms with Crippen LogP contribution >= 0.6 is 12.2 Å². The Kier molecular flexibility index (Phi) is 5.14. The van der Waals surface area contributed by atoms with E-state index in [4.69, 9.17) is 28.4 Å². The molecule has 0 aliphatic carbocycles. The second kappa shape index (κ2) is 6.87. The molecule has 5 nitrogen and oxygen atoms in total. The molecule has 1 unspecified atom stereocenters. The zero-order valence-corrected chi connectivity index (χ0v) is 13.0. The van der Waals surface area contributed by atoms with Crippen LogP contribution in [-0.2, 0) is 11.3 Å². The van der Waals surface area contributed by atoms with E-state index in [0.29, 0.717) is 17.3 Å². The number of methoxy groups -OCH3 is 1. The van der Waals surface area contributed by atoms with Crippen LogP contribution in [0.25, 0.3) is 0 Å². The monoisotopic (exact) mass is 307 g/mol. The number of nitrogens with zero attached hydrogens (tertiary/aromatic N) is 1. The molecule has 1 saturated heterocycles. The Hall–Kier alpha value is -1.66. The minimum atomic E-state index is -0.210. The van der Waals surface area contributed by atoms with Crippen molar-refractivity contribution in [1.82, 2.24) is 4.90 Å². The highest BCUT2D eigenvalue weighted by molar-refractivity contribution is 7.80. The first kappa shape index (κ1) is 15.7. The van der Waals surface area contributed by atoms with E-state index in [1.54, 1.807) is 7.11 Å². The summed E-state index contributed by atoms with van der Waals surface area (Å²) in [5, 5.41) is 0. The van der Waals surface area contributed by atoms with Gasteiger partial charge in [0.05, 0.1) is 18.6 Å². The molecule has 1 atom stereocenters. The predicted octanol–water partition coefficient (Wildman–Crippen LogP) is 1.03. The van der Waals surface area contributed by atoms with Gasteiger partial charge >= 0.3 is 0 Å². The van der Waals surface area contributed by atoms with Crippen LogP contribution in [0.4, 0.5) is 0 Å². The Morgan fingerprint density at radius 2 is 2.24 bits per heavy atom. The van der Waals surface area contributed by atoms with E-state index in [1.165, 1.54) is 0 Å². The van der Waals surface area contributed by atoms with Crippen LogP contribution in [0.15, 0.2) is 18.2 Å². The van der Waals surface area contributed by atoms with Crippen molar-refractivity contribution in [3.05, 3.63) is 29.3 Å². The second-order valence-electron chi connectivity index (χ2n) is 5.38. The molecule has 0 bridgehead atoms. The van der Waals surface area contributed by atoms with Gasteiger partial charge in [0.2, 0.25) is 5.91 Å². The lowest BCUT2D eigenvalue weighted by Gasteiger charge is -2.31. The lowest BCUT2D eigenvalue weighted by molar-refractivity contribution is -0.123. The van der Waals surface area contributed by atoms with E-state index in [1.807, 2.05) is 18.2 Å². The average Bonchev–Trinajstić information content (AvgIpc) is 2.47. The maximum absolute atomic E-state index is 11.3. The smallest absolute Gasteiger partial charge is 0.221 e. The number of rotatable bonds is 5. The molecule has 1 heterocycles. The van der Waals surface area contributed by atoms with Gasteiger partial charge in [-0.2, -0.15) is 0 Å². The highest BCUT2D eigenvalue weighted by Gasteiger charge is 2.24. The summed E-state index contributed by atoms with van der Waals surface area (Å²) in [7, 11) is 1.60. The van der Waals surface area contributed by atoms with E-state index in [0.717, 1.165) is 37.1 Å². The molecule has 4 N–H and O–H groups in total. The van der Waals surface area contributed by atoms with Crippen molar-refractivity contribution in [3.8, 4) is 5.75 Å². The molecule has 1 fully saturated rings. The van der Waals surface area contributed by atoms with E-state index >= 15 is 0 Å². The molecule has 6 heteroatoms. The van der Waals surface area contributed by atoms with Crippen LogP contribution < -0.4 is 16.2 Å². The van der Waals surface area contributed by atoms with Gasteiger partial charge in [-0.05, 0) is 37.1 Å². The molecule has 1 aliphatic heterocycles. The number of carbonyl (C=O) groups excluding carboxylic acids is 1. The van der Waals surface area contributed by atoms with Crippen LogP contribution in [0.3, 0.4) is 0 Å². The first-order chi connectivity index (χ1) is 10.0. The Morgan fingerprint density at radius 1 is 1.48 bits per heavy atom. The number of carbonyl (C=O) groups is 1. The van der Waals surface area contributed by atoms with Crippen molar-refractivity contribution >= 4 is 23.1 Å². The van der Waals surface area contributed by atoms with Crippen LogP contribution in [0.1, 0.15) is 24.0 Å². The van der Waals surface area contributed by atoms with Crippen molar-refractivity contribution < 1.29 is 9.53 Å². The number of amides is 1. The van der Waals surface area contributed by atoms with E-state index in [9.17, 15) is 4.79 Å². The van der Waals surface area contributed by atoms with Gasteiger partial charge in [0.1, 0.15) is 10.7 Å². The maximum atomic E-state index is 11.3. The molecule has 1 aromatic rings. The number of hydrogen-bond acceptors (Lipinski definition) is 4. The molecule has 1 aromatic carbocycles. The summed E-state index contributed by atoms with van der Waals surface area (Å²) in [5.74, 6) is 0.421. The van der Waals surface area contributed by atoms with Crippen LogP contribution in [0.5, 0.6) is 5.75 Å². The van der Waals surface area contributed by atoms with Crippen molar-refractivity contribution in [2.24, 2.45) is 17.4 Å². The summed E-state index contributed by atoms with van der Waals surface area (Å²) in [6.07, 6.45) is 1.87. The molecule has 0 radical (unpaired) electrons. The Bertz CT molecular complexity index is 548. The molecule has 1 amide bonds. The topological polar surface area (TPSA) is 81.6 Å². The van der Waals surface area contributed by atoms with Crippen LogP contribution in [0.2, 0.25) is 0 Å². The molecule has 114 valence electrons. The van der Waals surface area contributed by atoms with Gasteiger partial charge in [-0.15, -0.1) is 0 Å². The first-order valence-electron chi connectivity index (χ1n) is 6.99. The summed E-state index contributed by atoms with van der Waals surface area (Å²) in [6, 6.07) is 5.82. The SMILES string of the molecule is COc1ccc(CN2CCCC(C(N)=O)C2)cc1C(N)=S. The first-order valence-corrected chi connectivity index (χ1v) is 7.40. The van der Waals surface area contributed by atoms with E-state index in [2.05, 4.69) is 4.90 Å². The highest BCUT2D eigenvalue weighted by atomic mass is 32.1. The fourth-order valence-corrected chi connectivity index (χ4v) is 2.90. The molecule has 1 aliphatic rings. The Labute approximate surface area is 130 Å². The summed E-state index contributed by atoms with van der Waals surface area (Å²) < 4.78 is 5.26. The normalized spacial score (nSPS) is 19.2. The van der Waals surface area contributed by atoms with Gasteiger partial charge in [-0.1, -0.05) is 18.3 Å². The number of likely N-dealkylation sites (tertiary alicyclic amines) is 1. The fraction of sp³-hybridized carbons (Fsp3) is 0.467. The van der Waals surface area contributed by atoms with Crippen LogP contribution in [-0.4, -0.2) is 36.0 Å². The van der Waals surface area contributed by atoms with Gasteiger partial charge in [-0.3, -0.25) is 9.69 Å². The van der Waals surface area contributed by atoms with E-state index < -0.39 is 0 Å². The molecular weight excluding hydrogens is 286 g/mol. The number of hydrogen-bond donors (Lipinski definition) is 2. The second-order valence-corrected chi connectivity index (χ2v) is 5.82. The largest absolute Gasteiger partial charge is 0.496 e. The van der Waals surface area contributed by atoms with Gasteiger partial charge < -0.3 is 16.2 Å². The summed E-state index contributed by atoms with van der Waals surface area (Å²) >= 11 is 5.06. The quantitative estimate of drug-likeness (QED) is 0.794. The zero-order valence-electron chi connectivity index (χ0n) is 12.2. The minimum absolute atomic E-state index is 0.0490. The van der Waals surface area contributed by atoms with Crippen molar-refractivity contribution in [2.45, 2.75) is 19.4 Å². The predicted molar refractivity (Wildman–Crippen MR) is 86.1 cm³/mol. The highest BCUT2D eigenvalue weighted by Crippen LogP contribution is 2.23. The summed E-state index contributed by atoms with van der Waals surface area (Å²) in [5.41, 5.74) is 13.0. The van der Waals surface area contributed by atoms with Crippen molar-refractivity contribution in [1.29, 1.82) is 0 Å². The summed E-state index contributed by atoms with van der Waals surface area (Å²) in [6.45, 7) is 2.44. The van der Waals surface area contributed by atoms with Crippen molar-refractivity contribution in [3.63, 3.8) is 0 Å². The third-order valence-electron chi connectivity index (χ3n) is 3.84.